The van der Waals surface area contributed by atoms with Crippen LogP contribution >= 0.6 is 0 Å². The molecule has 0 bridgehead atoms. The smallest absolute Gasteiger partial charge is 0.297 e. The standard InChI is InChI=1S/C26H29N7O2/c1-3-5-8-20-16-33(24-17(4-2)13-23(24)34)26(35)32(20)15-19-12-11-18(14-27-19)21-9-6-7-10-22(21)25-28-30-31-29-25/h6-7,9-12,14,16-17,24H,3-5,8,13,15H2,1-2H3,(H,28,29,30,31). The Kier molecular flexibility index (Phi) is 6.39. The molecule has 0 spiro atoms. The first-order chi connectivity index (χ1) is 17.1. The fourth-order valence-electron chi connectivity index (χ4n) is 4.86. The topological polar surface area (TPSA) is 111 Å². The van der Waals surface area contributed by atoms with E-state index in [2.05, 4.69) is 39.5 Å². The number of rotatable bonds is 9. The first-order valence-electron chi connectivity index (χ1n) is 12.2. The number of aromatic amines is 1. The summed E-state index contributed by atoms with van der Waals surface area (Å²) in [7, 11) is 0. The molecule has 1 aromatic carbocycles. The van der Waals surface area contributed by atoms with Gasteiger partial charge in [-0.05, 0) is 35.6 Å². The largest absolute Gasteiger partial charge is 0.329 e. The minimum Gasteiger partial charge on any atom is -0.297 e. The molecule has 5 rings (SSSR count). The Morgan fingerprint density at radius 3 is 2.57 bits per heavy atom. The molecule has 180 valence electrons. The summed E-state index contributed by atoms with van der Waals surface area (Å²) in [5, 5.41) is 14.4. The zero-order valence-corrected chi connectivity index (χ0v) is 20.0. The molecule has 1 N–H and O–H groups in total. The van der Waals surface area contributed by atoms with Gasteiger partial charge in [-0.3, -0.25) is 18.9 Å². The van der Waals surface area contributed by atoms with Gasteiger partial charge in [-0.1, -0.05) is 57.0 Å². The zero-order chi connectivity index (χ0) is 24.4. The van der Waals surface area contributed by atoms with E-state index in [1.807, 2.05) is 48.8 Å². The minimum absolute atomic E-state index is 0.124. The second-order valence-electron chi connectivity index (χ2n) is 9.10. The Labute approximate surface area is 203 Å². The lowest BCUT2D eigenvalue weighted by Crippen LogP contribution is -2.43. The number of imidazole rings is 1. The maximum atomic E-state index is 13.4. The predicted molar refractivity (Wildman–Crippen MR) is 132 cm³/mol. The van der Waals surface area contributed by atoms with Gasteiger partial charge in [-0.2, -0.15) is 5.21 Å². The van der Waals surface area contributed by atoms with Gasteiger partial charge in [0.15, 0.2) is 5.78 Å². The van der Waals surface area contributed by atoms with Crippen molar-refractivity contribution in [1.29, 1.82) is 0 Å². The maximum Gasteiger partial charge on any atom is 0.329 e. The molecule has 1 aliphatic rings. The number of nitrogens with zero attached hydrogens (tertiary/aromatic N) is 6. The van der Waals surface area contributed by atoms with Crippen LogP contribution in [0.3, 0.4) is 0 Å². The SMILES string of the molecule is CCCCc1cn(C2C(=O)CC2CC)c(=O)n1Cc1ccc(-c2ccccc2-c2nn[nH]n2)cn1. The second-order valence-corrected chi connectivity index (χ2v) is 9.10. The van der Waals surface area contributed by atoms with E-state index in [0.717, 1.165) is 53.8 Å². The van der Waals surface area contributed by atoms with E-state index in [0.29, 0.717) is 18.8 Å². The van der Waals surface area contributed by atoms with E-state index >= 15 is 0 Å². The summed E-state index contributed by atoms with van der Waals surface area (Å²) in [4.78, 5) is 30.4. The van der Waals surface area contributed by atoms with Crippen LogP contribution in [0.1, 0.15) is 57.0 Å². The number of H-pyrrole nitrogens is 1. The van der Waals surface area contributed by atoms with Gasteiger partial charge in [0, 0.05) is 35.6 Å². The van der Waals surface area contributed by atoms with Crippen molar-refractivity contribution in [1.82, 2.24) is 34.7 Å². The molecule has 0 saturated heterocycles. The summed E-state index contributed by atoms with van der Waals surface area (Å²) in [5.41, 5.74) is 4.36. The first-order valence-corrected chi connectivity index (χ1v) is 12.2. The Bertz CT molecular complexity index is 1370. The van der Waals surface area contributed by atoms with Crippen LogP contribution in [0.25, 0.3) is 22.5 Å². The minimum atomic E-state index is -0.328. The van der Waals surface area contributed by atoms with Crippen molar-refractivity contribution in [3.8, 4) is 22.5 Å². The molecule has 2 atom stereocenters. The van der Waals surface area contributed by atoms with Crippen molar-refractivity contribution in [2.24, 2.45) is 5.92 Å². The Hall–Kier alpha value is -3.88. The molecule has 0 aliphatic heterocycles. The molecular weight excluding hydrogens is 442 g/mol. The van der Waals surface area contributed by atoms with Crippen molar-refractivity contribution in [2.45, 2.75) is 58.5 Å². The third-order valence-corrected chi connectivity index (χ3v) is 6.91. The first kappa shape index (κ1) is 22.9. The van der Waals surface area contributed by atoms with Gasteiger partial charge < -0.3 is 0 Å². The molecule has 9 heteroatoms. The number of benzene rings is 1. The summed E-state index contributed by atoms with van der Waals surface area (Å²) in [6.07, 6.45) is 7.99. The summed E-state index contributed by atoms with van der Waals surface area (Å²) >= 11 is 0. The number of Topliss-reactive ketones (excluding diaryl/α,β-unsaturated/α-hetero) is 1. The van der Waals surface area contributed by atoms with Gasteiger partial charge in [0.25, 0.3) is 0 Å². The van der Waals surface area contributed by atoms with E-state index in [1.165, 1.54) is 0 Å². The number of unbranched alkanes of at least 4 members (excludes halogenated alkanes) is 1. The van der Waals surface area contributed by atoms with Crippen molar-refractivity contribution in [2.75, 3.05) is 0 Å². The highest BCUT2D eigenvalue weighted by Crippen LogP contribution is 2.37. The fourth-order valence-corrected chi connectivity index (χ4v) is 4.86. The average molecular weight is 472 g/mol. The van der Waals surface area contributed by atoms with Crippen molar-refractivity contribution < 1.29 is 4.79 Å². The number of nitrogens with one attached hydrogen (secondary N) is 1. The van der Waals surface area contributed by atoms with Crippen LogP contribution in [0.2, 0.25) is 0 Å². The van der Waals surface area contributed by atoms with Crippen LogP contribution in [-0.4, -0.2) is 40.5 Å². The van der Waals surface area contributed by atoms with Crippen LogP contribution in [-0.2, 0) is 17.8 Å². The van der Waals surface area contributed by atoms with Crippen LogP contribution in [0.15, 0.2) is 53.6 Å². The molecule has 0 amide bonds. The Morgan fingerprint density at radius 2 is 1.91 bits per heavy atom. The van der Waals surface area contributed by atoms with E-state index in [1.54, 1.807) is 9.13 Å². The van der Waals surface area contributed by atoms with Gasteiger partial charge >= 0.3 is 5.69 Å². The highest BCUT2D eigenvalue weighted by atomic mass is 16.2. The second kappa shape index (κ2) is 9.77. The number of carbonyl (C=O) groups is 1. The summed E-state index contributed by atoms with van der Waals surface area (Å²) in [6, 6.07) is 11.4. The maximum absolute atomic E-state index is 13.4. The molecule has 3 heterocycles. The lowest BCUT2D eigenvalue weighted by Gasteiger charge is -2.34. The predicted octanol–water partition coefficient (Wildman–Crippen LogP) is 3.82. The van der Waals surface area contributed by atoms with Gasteiger partial charge in [0.1, 0.15) is 0 Å². The van der Waals surface area contributed by atoms with E-state index in [4.69, 9.17) is 0 Å². The molecule has 9 nitrogen and oxygen atoms in total. The van der Waals surface area contributed by atoms with Crippen molar-refractivity contribution in [3.63, 3.8) is 0 Å². The Morgan fingerprint density at radius 1 is 1.09 bits per heavy atom. The van der Waals surface area contributed by atoms with E-state index in [9.17, 15) is 9.59 Å². The van der Waals surface area contributed by atoms with Gasteiger partial charge in [0.2, 0.25) is 5.82 Å². The summed E-state index contributed by atoms with van der Waals surface area (Å²) in [5.74, 6) is 0.918. The molecule has 35 heavy (non-hydrogen) atoms. The molecule has 4 aromatic rings. The molecule has 1 saturated carbocycles. The number of ketones is 1. The van der Waals surface area contributed by atoms with E-state index in [-0.39, 0.29) is 23.4 Å². The fraction of sp³-hybridized carbons (Fsp3) is 0.385. The van der Waals surface area contributed by atoms with Crippen LogP contribution in [0.5, 0.6) is 0 Å². The van der Waals surface area contributed by atoms with Gasteiger partial charge in [-0.25, -0.2) is 4.79 Å². The molecular formula is C26H29N7O2. The lowest BCUT2D eigenvalue weighted by atomic mass is 9.76. The van der Waals surface area contributed by atoms with E-state index < -0.39 is 0 Å². The van der Waals surface area contributed by atoms with Gasteiger partial charge in [0.05, 0.1) is 18.3 Å². The third-order valence-electron chi connectivity index (χ3n) is 6.91. The quantitative estimate of drug-likeness (QED) is 0.397. The highest BCUT2D eigenvalue weighted by Gasteiger charge is 2.41. The molecule has 0 radical (unpaired) electrons. The summed E-state index contributed by atoms with van der Waals surface area (Å²) < 4.78 is 3.45. The van der Waals surface area contributed by atoms with Crippen molar-refractivity contribution in [3.05, 3.63) is 70.7 Å². The monoisotopic (exact) mass is 471 g/mol. The molecule has 2 unspecified atom stereocenters. The Balaban J connectivity index is 1.44. The number of hydrogen-bond acceptors (Lipinski definition) is 6. The normalized spacial score (nSPS) is 17.5. The third kappa shape index (κ3) is 4.34. The number of tetrazole rings is 1. The lowest BCUT2D eigenvalue weighted by molar-refractivity contribution is -0.133. The number of pyridine rings is 1. The number of hydrogen-bond donors (Lipinski definition) is 1. The molecule has 3 aromatic heterocycles. The van der Waals surface area contributed by atoms with Crippen LogP contribution in [0, 0.1) is 5.92 Å². The average Bonchev–Trinajstić information content (AvgIpc) is 3.51. The van der Waals surface area contributed by atoms with Crippen LogP contribution in [0.4, 0.5) is 0 Å². The summed E-state index contributed by atoms with van der Waals surface area (Å²) in [6.45, 7) is 4.58. The zero-order valence-electron chi connectivity index (χ0n) is 20.0. The van der Waals surface area contributed by atoms with Crippen molar-refractivity contribution >= 4 is 5.78 Å². The highest BCUT2D eigenvalue weighted by molar-refractivity contribution is 5.89. The molecule has 1 aliphatic carbocycles. The number of carbonyl (C=O) groups excluding carboxylic acids is 1. The van der Waals surface area contributed by atoms with Gasteiger partial charge in [-0.15, -0.1) is 10.2 Å². The molecule has 1 fully saturated rings. The number of aryl methyl sites for hydroxylation is 1. The van der Waals surface area contributed by atoms with Crippen LogP contribution < -0.4 is 5.69 Å². The number of aromatic nitrogens is 7.